The number of halogens is 3. The second kappa shape index (κ2) is 4.54. The Balaban J connectivity index is 3.24. The van der Waals surface area contributed by atoms with Crippen molar-refractivity contribution < 1.29 is 28.0 Å². The maximum absolute atomic E-state index is 12.4. The van der Waals surface area contributed by atoms with E-state index < -0.39 is 18.9 Å². The average Bonchev–Trinajstić information content (AvgIpc) is 2.16. The zero-order valence-corrected chi connectivity index (χ0v) is 7.82. The lowest BCUT2D eigenvalue weighted by atomic mass is 9.79. The summed E-state index contributed by atoms with van der Waals surface area (Å²) >= 11 is 0. The number of nitrogens with one attached hydrogen (secondary N) is 1. The van der Waals surface area contributed by atoms with Crippen molar-refractivity contribution in [3.8, 4) is 0 Å². The van der Waals surface area contributed by atoms with Gasteiger partial charge in [0.2, 0.25) is 6.41 Å². The van der Waals surface area contributed by atoms with Crippen molar-refractivity contribution in [2.75, 3.05) is 5.32 Å². The Bertz CT molecular complexity index is 395. The van der Waals surface area contributed by atoms with Gasteiger partial charge in [-0.1, -0.05) is 6.07 Å². The molecule has 8 heteroatoms. The van der Waals surface area contributed by atoms with Crippen molar-refractivity contribution in [2.45, 2.75) is 6.18 Å². The van der Waals surface area contributed by atoms with Crippen molar-refractivity contribution in [1.29, 1.82) is 0 Å². The Morgan fingerprint density at radius 3 is 2.31 bits per heavy atom. The fourth-order valence-electron chi connectivity index (χ4n) is 1.12. The number of benzene rings is 1. The zero-order chi connectivity index (χ0) is 12.3. The first-order chi connectivity index (χ1) is 7.34. The van der Waals surface area contributed by atoms with Crippen LogP contribution in [0.2, 0.25) is 0 Å². The highest BCUT2D eigenvalue weighted by atomic mass is 19.4. The van der Waals surface area contributed by atoms with Crippen LogP contribution in [0.15, 0.2) is 18.2 Å². The van der Waals surface area contributed by atoms with E-state index in [1.54, 1.807) is 0 Å². The molecule has 0 spiro atoms. The molecule has 16 heavy (non-hydrogen) atoms. The number of anilines is 1. The highest BCUT2D eigenvalue weighted by Crippen LogP contribution is 2.30. The van der Waals surface area contributed by atoms with Crippen LogP contribution in [0.5, 0.6) is 0 Å². The van der Waals surface area contributed by atoms with Crippen LogP contribution < -0.4 is 10.8 Å². The maximum Gasteiger partial charge on any atom is 0.488 e. The van der Waals surface area contributed by atoms with Crippen LogP contribution in [0.25, 0.3) is 0 Å². The fourth-order valence-corrected chi connectivity index (χ4v) is 1.12. The molecular formula is C8H7BF3NO3. The Kier molecular flexibility index (Phi) is 3.56. The Morgan fingerprint density at radius 1 is 1.25 bits per heavy atom. The van der Waals surface area contributed by atoms with Gasteiger partial charge in [0.05, 0.1) is 5.56 Å². The van der Waals surface area contributed by atoms with Crippen molar-refractivity contribution in [3.05, 3.63) is 23.8 Å². The molecule has 0 saturated heterocycles. The summed E-state index contributed by atoms with van der Waals surface area (Å²) < 4.78 is 37.1. The first-order valence-corrected chi connectivity index (χ1v) is 4.13. The standard InChI is InChI=1S/C8H7BF3NO3/c10-8(11,12)5-1-6(9(15)16)3-7(2-5)13-4-14/h1-4,15-16H,(H,13,14). The quantitative estimate of drug-likeness (QED) is 0.506. The molecule has 0 bridgehead atoms. The van der Waals surface area contributed by atoms with E-state index >= 15 is 0 Å². The van der Waals surface area contributed by atoms with Gasteiger partial charge < -0.3 is 15.4 Å². The molecule has 0 atom stereocenters. The highest BCUT2D eigenvalue weighted by molar-refractivity contribution is 6.58. The first kappa shape index (κ1) is 12.5. The van der Waals surface area contributed by atoms with E-state index in [0.717, 1.165) is 6.07 Å². The third-order valence-electron chi connectivity index (χ3n) is 1.81. The van der Waals surface area contributed by atoms with Crippen molar-refractivity contribution in [3.63, 3.8) is 0 Å². The largest absolute Gasteiger partial charge is 0.488 e. The summed E-state index contributed by atoms with van der Waals surface area (Å²) in [6.45, 7) is 0. The van der Waals surface area contributed by atoms with Gasteiger partial charge in [-0.3, -0.25) is 4.79 Å². The van der Waals surface area contributed by atoms with Crippen molar-refractivity contribution in [2.24, 2.45) is 0 Å². The number of rotatable bonds is 3. The third-order valence-corrected chi connectivity index (χ3v) is 1.81. The number of hydrogen-bond donors (Lipinski definition) is 3. The molecule has 1 amide bonds. The molecule has 0 fully saturated rings. The second-order valence-electron chi connectivity index (χ2n) is 2.98. The van der Waals surface area contributed by atoms with Gasteiger partial charge in [-0.2, -0.15) is 13.2 Å². The van der Waals surface area contributed by atoms with Crippen LogP contribution in [0, 0.1) is 0 Å². The van der Waals surface area contributed by atoms with E-state index in [2.05, 4.69) is 0 Å². The third kappa shape index (κ3) is 2.98. The lowest BCUT2D eigenvalue weighted by Crippen LogP contribution is -2.31. The molecule has 0 unspecified atom stereocenters. The maximum atomic E-state index is 12.4. The molecule has 1 aromatic carbocycles. The van der Waals surface area contributed by atoms with Gasteiger partial charge >= 0.3 is 13.3 Å². The van der Waals surface area contributed by atoms with Gasteiger partial charge in [-0.05, 0) is 17.6 Å². The Labute approximate surface area is 88.9 Å². The van der Waals surface area contributed by atoms with Crippen LogP contribution in [0.3, 0.4) is 0 Å². The zero-order valence-electron chi connectivity index (χ0n) is 7.82. The molecule has 0 saturated carbocycles. The number of carbonyl (C=O) groups is 1. The van der Waals surface area contributed by atoms with Gasteiger partial charge in [0, 0.05) is 5.69 Å². The molecule has 86 valence electrons. The van der Waals surface area contributed by atoms with Crippen molar-refractivity contribution in [1.82, 2.24) is 0 Å². The number of amides is 1. The van der Waals surface area contributed by atoms with E-state index in [9.17, 15) is 18.0 Å². The molecule has 1 rings (SSSR count). The van der Waals surface area contributed by atoms with E-state index in [-0.39, 0.29) is 17.6 Å². The summed E-state index contributed by atoms with van der Waals surface area (Å²) in [4.78, 5) is 10.1. The van der Waals surface area contributed by atoms with Gasteiger partial charge in [-0.25, -0.2) is 0 Å². The smallest absolute Gasteiger partial charge is 0.423 e. The topological polar surface area (TPSA) is 69.6 Å². The molecular weight excluding hydrogens is 226 g/mol. The number of hydrogen-bond acceptors (Lipinski definition) is 3. The van der Waals surface area contributed by atoms with Gasteiger partial charge in [0.1, 0.15) is 0 Å². The van der Waals surface area contributed by atoms with Gasteiger partial charge in [-0.15, -0.1) is 0 Å². The van der Waals surface area contributed by atoms with Crippen LogP contribution >= 0.6 is 0 Å². The Hall–Kier alpha value is -1.54. The van der Waals surface area contributed by atoms with Gasteiger partial charge in [0.15, 0.2) is 0 Å². The minimum absolute atomic E-state index is 0.159. The van der Waals surface area contributed by atoms with Crippen molar-refractivity contribution >= 4 is 24.7 Å². The van der Waals surface area contributed by atoms with E-state index in [4.69, 9.17) is 10.0 Å². The predicted molar refractivity (Wildman–Crippen MR) is 51.0 cm³/mol. The molecule has 4 nitrogen and oxygen atoms in total. The lowest BCUT2D eigenvalue weighted by molar-refractivity contribution is -0.137. The minimum Gasteiger partial charge on any atom is -0.423 e. The number of alkyl halides is 3. The van der Waals surface area contributed by atoms with Crippen LogP contribution in [-0.2, 0) is 11.0 Å². The Morgan fingerprint density at radius 2 is 1.88 bits per heavy atom. The molecule has 3 N–H and O–H groups in total. The van der Waals surface area contributed by atoms with Crippen LogP contribution in [-0.4, -0.2) is 23.6 Å². The summed E-state index contributed by atoms with van der Waals surface area (Å²) in [5.41, 5.74) is -1.57. The van der Waals surface area contributed by atoms with Gasteiger partial charge in [0.25, 0.3) is 0 Å². The van der Waals surface area contributed by atoms with Crippen LogP contribution in [0.1, 0.15) is 5.56 Å². The normalized spacial score (nSPS) is 11.1. The molecule has 0 aromatic heterocycles. The fraction of sp³-hybridized carbons (Fsp3) is 0.125. The summed E-state index contributed by atoms with van der Waals surface area (Å²) in [5, 5.41) is 19.6. The lowest BCUT2D eigenvalue weighted by Gasteiger charge is -2.11. The summed E-state index contributed by atoms with van der Waals surface area (Å²) in [6.07, 6.45) is -4.42. The molecule has 1 aromatic rings. The van der Waals surface area contributed by atoms with E-state index in [0.29, 0.717) is 12.1 Å². The first-order valence-electron chi connectivity index (χ1n) is 4.13. The SMILES string of the molecule is O=CNc1cc(B(O)O)cc(C(F)(F)F)c1. The number of carbonyl (C=O) groups excluding carboxylic acids is 1. The molecule has 0 aliphatic carbocycles. The van der Waals surface area contributed by atoms with Crippen LogP contribution in [0.4, 0.5) is 18.9 Å². The van der Waals surface area contributed by atoms with E-state index in [1.807, 2.05) is 5.32 Å². The average molecular weight is 233 g/mol. The molecule has 0 radical (unpaired) electrons. The molecule has 0 aliphatic heterocycles. The minimum atomic E-state index is -4.62. The molecule has 0 heterocycles. The predicted octanol–water partition coefficient (Wildman–Crippen LogP) is -0.0465. The summed E-state index contributed by atoms with van der Waals surface area (Å²) in [7, 11) is -2.03. The van der Waals surface area contributed by atoms with E-state index in [1.165, 1.54) is 0 Å². The monoisotopic (exact) mass is 233 g/mol. The highest BCUT2D eigenvalue weighted by Gasteiger charge is 2.32. The molecule has 0 aliphatic rings. The second-order valence-corrected chi connectivity index (χ2v) is 2.98. The summed E-state index contributed by atoms with van der Waals surface area (Å²) in [5.74, 6) is 0. The summed E-state index contributed by atoms with van der Waals surface area (Å²) in [6, 6.07) is 2.33.